The molecule has 6 heteroatoms. The Labute approximate surface area is 150 Å². The lowest BCUT2D eigenvalue weighted by Crippen LogP contribution is -2.29. The lowest BCUT2D eigenvalue weighted by Gasteiger charge is -2.13. The molecule has 1 atom stereocenters. The smallest absolute Gasteiger partial charge is 0.349 e. The topological polar surface area (TPSA) is 79.2 Å². The van der Waals surface area contributed by atoms with Crippen molar-refractivity contribution in [1.82, 2.24) is 0 Å². The largest absolute Gasteiger partial charge is 0.448 e. The van der Waals surface area contributed by atoms with Crippen LogP contribution < -0.4 is 5.32 Å². The molecule has 1 amide bonds. The molecule has 1 aliphatic carbocycles. The van der Waals surface area contributed by atoms with Crippen LogP contribution in [0, 0.1) is 11.3 Å². The van der Waals surface area contributed by atoms with Crippen LogP contribution in [0.1, 0.15) is 45.4 Å². The SMILES string of the molecule is C[C@H](OC(=O)c1cc2c(s1)CCCC2)C(=O)Nc1cccc(C#N)c1. The molecule has 1 heterocycles. The zero-order chi connectivity index (χ0) is 17.8. The van der Waals surface area contributed by atoms with Gasteiger partial charge < -0.3 is 10.1 Å². The van der Waals surface area contributed by atoms with Crippen molar-refractivity contribution in [2.45, 2.75) is 38.7 Å². The Morgan fingerprint density at radius 1 is 1.28 bits per heavy atom. The van der Waals surface area contributed by atoms with E-state index in [2.05, 4.69) is 5.32 Å². The van der Waals surface area contributed by atoms with Gasteiger partial charge in [-0.05, 0) is 62.4 Å². The summed E-state index contributed by atoms with van der Waals surface area (Å²) in [6.45, 7) is 1.54. The Hall–Kier alpha value is -2.65. The summed E-state index contributed by atoms with van der Waals surface area (Å²) >= 11 is 1.46. The Morgan fingerprint density at radius 2 is 2.08 bits per heavy atom. The molecule has 0 aliphatic heterocycles. The highest BCUT2D eigenvalue weighted by Crippen LogP contribution is 2.30. The summed E-state index contributed by atoms with van der Waals surface area (Å²) in [5.41, 5.74) is 2.18. The number of aryl methyl sites for hydroxylation is 2. The number of benzene rings is 1. The van der Waals surface area contributed by atoms with Crippen molar-refractivity contribution in [2.75, 3.05) is 5.32 Å². The highest BCUT2D eigenvalue weighted by molar-refractivity contribution is 7.14. The van der Waals surface area contributed by atoms with Gasteiger partial charge in [0.05, 0.1) is 11.6 Å². The maximum absolute atomic E-state index is 12.3. The number of hydrogen-bond acceptors (Lipinski definition) is 5. The Balaban J connectivity index is 1.61. The molecule has 5 nitrogen and oxygen atoms in total. The fourth-order valence-electron chi connectivity index (χ4n) is 2.77. The molecule has 0 unspecified atom stereocenters. The van der Waals surface area contributed by atoms with E-state index >= 15 is 0 Å². The van der Waals surface area contributed by atoms with Gasteiger partial charge in [0.1, 0.15) is 4.88 Å². The number of thiophene rings is 1. The van der Waals surface area contributed by atoms with Crippen molar-refractivity contribution in [3.8, 4) is 6.07 Å². The number of ether oxygens (including phenoxy) is 1. The number of carbonyl (C=O) groups excluding carboxylic acids is 2. The van der Waals surface area contributed by atoms with Crippen LogP contribution in [-0.4, -0.2) is 18.0 Å². The molecule has 0 radical (unpaired) electrons. The molecule has 0 saturated carbocycles. The predicted octanol–water partition coefficient (Wildman–Crippen LogP) is 3.68. The lowest BCUT2D eigenvalue weighted by atomic mass is 9.99. The van der Waals surface area contributed by atoms with E-state index in [0.717, 1.165) is 25.7 Å². The number of anilines is 1. The van der Waals surface area contributed by atoms with Gasteiger partial charge in [0.25, 0.3) is 5.91 Å². The molecule has 25 heavy (non-hydrogen) atoms. The van der Waals surface area contributed by atoms with Crippen molar-refractivity contribution >= 4 is 28.9 Å². The normalized spacial score (nSPS) is 14.1. The summed E-state index contributed by atoms with van der Waals surface area (Å²) in [6.07, 6.45) is 3.40. The molecule has 3 rings (SSSR count). The van der Waals surface area contributed by atoms with E-state index in [9.17, 15) is 9.59 Å². The first-order chi connectivity index (χ1) is 12.1. The molecular formula is C19H18N2O3S. The van der Waals surface area contributed by atoms with Crippen LogP contribution in [0.3, 0.4) is 0 Å². The van der Waals surface area contributed by atoms with Gasteiger partial charge in [0.15, 0.2) is 6.10 Å². The molecule has 0 bridgehead atoms. The number of carbonyl (C=O) groups is 2. The third-order valence-electron chi connectivity index (χ3n) is 4.11. The molecule has 128 valence electrons. The van der Waals surface area contributed by atoms with Gasteiger partial charge in [0.2, 0.25) is 0 Å². The highest BCUT2D eigenvalue weighted by Gasteiger charge is 2.22. The van der Waals surface area contributed by atoms with Crippen LogP contribution >= 0.6 is 11.3 Å². The second kappa shape index (κ2) is 7.49. The van der Waals surface area contributed by atoms with Gasteiger partial charge in [-0.2, -0.15) is 5.26 Å². The molecule has 0 fully saturated rings. The van der Waals surface area contributed by atoms with E-state index in [1.165, 1.54) is 28.7 Å². The van der Waals surface area contributed by atoms with Crippen molar-refractivity contribution in [3.63, 3.8) is 0 Å². The standard InChI is InChI=1S/C19H18N2O3S/c1-12(18(22)21-15-7-4-5-13(9-15)11-20)24-19(23)17-10-14-6-2-3-8-16(14)25-17/h4-5,7,9-10,12H,2-3,6,8H2,1H3,(H,21,22)/t12-/m0/s1. The fourth-order valence-corrected chi connectivity index (χ4v) is 3.91. The minimum Gasteiger partial charge on any atom is -0.448 e. The first-order valence-electron chi connectivity index (χ1n) is 8.20. The highest BCUT2D eigenvalue weighted by atomic mass is 32.1. The molecule has 1 N–H and O–H groups in total. The number of nitriles is 1. The van der Waals surface area contributed by atoms with Crippen LogP contribution in [0.5, 0.6) is 0 Å². The second-order valence-corrected chi connectivity index (χ2v) is 7.13. The van der Waals surface area contributed by atoms with Crippen LogP contribution in [-0.2, 0) is 22.4 Å². The summed E-state index contributed by atoms with van der Waals surface area (Å²) in [5, 5.41) is 11.5. The third-order valence-corrected chi connectivity index (χ3v) is 5.33. The molecule has 0 saturated heterocycles. The molecular weight excluding hydrogens is 336 g/mol. The van der Waals surface area contributed by atoms with Gasteiger partial charge >= 0.3 is 5.97 Å². The van der Waals surface area contributed by atoms with E-state index in [1.54, 1.807) is 24.3 Å². The van der Waals surface area contributed by atoms with Gasteiger partial charge in [-0.3, -0.25) is 4.79 Å². The van der Waals surface area contributed by atoms with Crippen molar-refractivity contribution in [3.05, 3.63) is 51.2 Å². The Bertz CT molecular complexity index is 827. The molecule has 0 spiro atoms. The number of amides is 1. The van der Waals surface area contributed by atoms with Crippen LogP contribution in [0.4, 0.5) is 5.69 Å². The molecule has 2 aromatic rings. The number of hydrogen-bond donors (Lipinski definition) is 1. The first-order valence-corrected chi connectivity index (χ1v) is 9.02. The monoisotopic (exact) mass is 354 g/mol. The van der Waals surface area contributed by atoms with Gasteiger partial charge in [-0.25, -0.2) is 4.79 Å². The minimum atomic E-state index is -0.919. The maximum Gasteiger partial charge on any atom is 0.349 e. The number of fused-ring (bicyclic) bond motifs is 1. The maximum atomic E-state index is 12.3. The van der Waals surface area contributed by atoms with E-state index in [-0.39, 0.29) is 0 Å². The fraction of sp³-hybridized carbons (Fsp3) is 0.316. The summed E-state index contributed by atoms with van der Waals surface area (Å²) < 4.78 is 5.30. The zero-order valence-corrected chi connectivity index (χ0v) is 14.7. The Morgan fingerprint density at radius 3 is 2.84 bits per heavy atom. The molecule has 1 aliphatic rings. The summed E-state index contributed by atoms with van der Waals surface area (Å²) in [5.74, 6) is -0.891. The van der Waals surface area contributed by atoms with Crippen molar-refractivity contribution in [2.24, 2.45) is 0 Å². The van der Waals surface area contributed by atoms with Gasteiger partial charge in [-0.15, -0.1) is 11.3 Å². The second-order valence-electron chi connectivity index (χ2n) is 6.00. The average Bonchev–Trinajstić information content (AvgIpc) is 3.06. The molecule has 1 aromatic carbocycles. The van der Waals surface area contributed by atoms with E-state index < -0.39 is 18.0 Å². The lowest BCUT2D eigenvalue weighted by molar-refractivity contribution is -0.123. The number of esters is 1. The van der Waals surface area contributed by atoms with Crippen molar-refractivity contribution < 1.29 is 14.3 Å². The average molecular weight is 354 g/mol. The summed E-state index contributed by atoms with van der Waals surface area (Å²) in [7, 11) is 0. The van der Waals surface area contributed by atoms with Crippen LogP contribution in [0.2, 0.25) is 0 Å². The Kier molecular flexibility index (Phi) is 5.15. The van der Waals surface area contributed by atoms with E-state index in [1.807, 2.05) is 12.1 Å². The summed E-state index contributed by atoms with van der Waals surface area (Å²) in [4.78, 5) is 26.3. The first kappa shape index (κ1) is 17.2. The van der Waals surface area contributed by atoms with Gasteiger partial charge in [0, 0.05) is 10.6 Å². The predicted molar refractivity (Wildman–Crippen MR) is 95.6 cm³/mol. The minimum absolute atomic E-state index is 0.426. The van der Waals surface area contributed by atoms with Crippen LogP contribution in [0.25, 0.3) is 0 Å². The van der Waals surface area contributed by atoms with Crippen molar-refractivity contribution in [1.29, 1.82) is 5.26 Å². The number of nitrogens with one attached hydrogen (secondary N) is 1. The van der Waals surface area contributed by atoms with Gasteiger partial charge in [-0.1, -0.05) is 6.07 Å². The number of rotatable bonds is 4. The summed E-state index contributed by atoms with van der Waals surface area (Å²) in [6, 6.07) is 10.5. The van der Waals surface area contributed by atoms with E-state index in [4.69, 9.17) is 10.00 Å². The molecule has 1 aromatic heterocycles. The third kappa shape index (κ3) is 4.06. The van der Waals surface area contributed by atoms with E-state index in [0.29, 0.717) is 16.1 Å². The number of nitrogens with zero attached hydrogens (tertiary/aromatic N) is 1. The van der Waals surface area contributed by atoms with Crippen LogP contribution in [0.15, 0.2) is 30.3 Å². The zero-order valence-electron chi connectivity index (χ0n) is 13.9. The quantitative estimate of drug-likeness (QED) is 0.850.